The number of rotatable bonds is 9. The number of methoxy groups -OCH3 is 1. The first-order valence-corrected chi connectivity index (χ1v) is 10.3. The summed E-state index contributed by atoms with van der Waals surface area (Å²) in [6, 6.07) is 16.2. The molecule has 10 nitrogen and oxygen atoms in total. The first-order valence-electron chi connectivity index (χ1n) is 10.3. The minimum Gasteiger partial charge on any atom is -0.497 e. The van der Waals surface area contributed by atoms with Crippen LogP contribution < -0.4 is 20.9 Å². The lowest BCUT2D eigenvalue weighted by molar-refractivity contribution is -0.136. The highest BCUT2D eigenvalue weighted by Gasteiger charge is 2.20. The van der Waals surface area contributed by atoms with Crippen LogP contribution in [0.15, 0.2) is 65.6 Å². The van der Waals surface area contributed by atoms with Crippen LogP contribution in [0.4, 0.5) is 0 Å². The number of nitrogens with one attached hydrogen (secondary N) is 3. The van der Waals surface area contributed by atoms with Gasteiger partial charge < -0.3 is 25.5 Å². The van der Waals surface area contributed by atoms with Crippen LogP contribution in [0.1, 0.15) is 44.6 Å². The van der Waals surface area contributed by atoms with Crippen LogP contribution in [0, 0.1) is 0 Å². The van der Waals surface area contributed by atoms with Crippen LogP contribution >= 0.6 is 0 Å². The largest absolute Gasteiger partial charge is 0.497 e. The van der Waals surface area contributed by atoms with Gasteiger partial charge in [-0.2, -0.15) is 0 Å². The number of carboxylic acid groups (broad SMARTS) is 1. The van der Waals surface area contributed by atoms with Gasteiger partial charge in [-0.05, 0) is 30.3 Å². The third-order valence-corrected chi connectivity index (χ3v) is 4.62. The first-order chi connectivity index (χ1) is 16.4. The Hall–Kier alpha value is -4.31. The van der Waals surface area contributed by atoms with Gasteiger partial charge in [-0.3, -0.25) is 19.2 Å². The van der Waals surface area contributed by atoms with Crippen molar-refractivity contribution in [3.63, 3.8) is 0 Å². The minimum atomic E-state index is -0.755. The maximum Gasteiger partial charge on any atom is 0.304 e. The van der Waals surface area contributed by atoms with Gasteiger partial charge in [0.05, 0.1) is 19.6 Å². The maximum absolute atomic E-state index is 12.7. The molecule has 0 radical (unpaired) electrons. The molecule has 0 saturated heterocycles. The Bertz CT molecular complexity index is 1150. The third kappa shape index (κ3) is 7.68. The molecule has 178 valence electrons. The van der Waals surface area contributed by atoms with E-state index in [2.05, 4.69) is 20.6 Å². The van der Waals surface area contributed by atoms with Crippen molar-refractivity contribution < 1.29 is 24.2 Å². The van der Waals surface area contributed by atoms with E-state index in [1.54, 1.807) is 26.3 Å². The summed E-state index contributed by atoms with van der Waals surface area (Å²) in [5.41, 5.74) is 0.829. The van der Waals surface area contributed by atoms with Gasteiger partial charge in [0.15, 0.2) is 12.1 Å². The lowest BCUT2D eigenvalue weighted by atomic mass is 9.98. The van der Waals surface area contributed by atoms with Crippen LogP contribution in [0.3, 0.4) is 0 Å². The number of benzene rings is 2. The molecule has 1 unspecified atom stereocenters. The van der Waals surface area contributed by atoms with E-state index in [9.17, 15) is 19.2 Å². The Kier molecular flexibility index (Phi) is 10.1. The van der Waals surface area contributed by atoms with Gasteiger partial charge in [0.1, 0.15) is 11.3 Å². The standard InChI is InChI=1S/C20H17N3O4.C4H9NO2/c1-27-15-9-7-14(8-10-15)18(13-5-3-2-4-6-13)23-20(26)16-11-21-17(12-24)22-19(16)25;1-5-3-2-4(6)7/h2-12,18H,1H3,(H,23,26)(H,21,22,25);5H,2-3H2,1H3,(H,6,7). The quantitative estimate of drug-likeness (QED) is 0.349. The average molecular weight is 466 g/mol. The van der Waals surface area contributed by atoms with Gasteiger partial charge in [-0.25, -0.2) is 4.98 Å². The van der Waals surface area contributed by atoms with Crippen molar-refractivity contribution in [2.45, 2.75) is 12.5 Å². The predicted molar refractivity (Wildman–Crippen MR) is 125 cm³/mol. The molecule has 2 aromatic carbocycles. The highest BCUT2D eigenvalue weighted by Crippen LogP contribution is 2.24. The second-order valence-corrected chi connectivity index (χ2v) is 6.97. The summed E-state index contributed by atoms with van der Waals surface area (Å²) in [7, 11) is 3.30. The van der Waals surface area contributed by atoms with Crippen LogP contribution in [-0.4, -0.2) is 53.9 Å². The Balaban J connectivity index is 0.000000509. The number of aliphatic carboxylic acids is 1. The summed E-state index contributed by atoms with van der Waals surface area (Å²) < 4.78 is 5.17. The summed E-state index contributed by atoms with van der Waals surface area (Å²) in [5.74, 6) is -0.784. The SMILES string of the molecule is CNCCC(=O)O.COc1ccc(C(NC(=O)c2cnc(C=O)[nH]c2=O)c2ccccc2)cc1. The number of aldehydes is 1. The average Bonchev–Trinajstić information content (AvgIpc) is 2.86. The molecule has 0 spiro atoms. The van der Waals surface area contributed by atoms with Crippen molar-refractivity contribution in [2.24, 2.45) is 0 Å². The van der Waals surface area contributed by atoms with Crippen molar-refractivity contribution in [3.8, 4) is 5.75 Å². The van der Waals surface area contributed by atoms with Crippen LogP contribution in [0.2, 0.25) is 0 Å². The number of carbonyl (C=O) groups is 3. The van der Waals surface area contributed by atoms with Gasteiger partial charge >= 0.3 is 5.97 Å². The van der Waals surface area contributed by atoms with Crippen molar-refractivity contribution in [2.75, 3.05) is 20.7 Å². The number of hydrogen-bond donors (Lipinski definition) is 4. The van der Waals surface area contributed by atoms with Crippen molar-refractivity contribution in [1.29, 1.82) is 0 Å². The monoisotopic (exact) mass is 466 g/mol. The Morgan fingerprint density at radius 2 is 1.76 bits per heavy atom. The van der Waals surface area contributed by atoms with E-state index < -0.39 is 23.5 Å². The normalized spacial score (nSPS) is 10.9. The lowest BCUT2D eigenvalue weighted by Gasteiger charge is -2.20. The fourth-order valence-corrected chi connectivity index (χ4v) is 2.87. The van der Waals surface area contributed by atoms with E-state index in [1.165, 1.54) is 0 Å². The second-order valence-electron chi connectivity index (χ2n) is 6.97. The molecule has 4 N–H and O–H groups in total. The Morgan fingerprint density at radius 1 is 1.12 bits per heavy atom. The van der Waals surface area contributed by atoms with Crippen molar-refractivity contribution in [3.05, 3.63) is 93.7 Å². The van der Waals surface area contributed by atoms with E-state index in [0.717, 1.165) is 17.3 Å². The fourth-order valence-electron chi connectivity index (χ4n) is 2.87. The molecule has 0 aliphatic heterocycles. The molecule has 0 aliphatic carbocycles. The molecular weight excluding hydrogens is 440 g/mol. The van der Waals surface area contributed by atoms with Crippen LogP contribution in [-0.2, 0) is 4.79 Å². The van der Waals surface area contributed by atoms with Crippen molar-refractivity contribution >= 4 is 18.2 Å². The topological polar surface area (TPSA) is 150 Å². The second kappa shape index (κ2) is 13.3. The van der Waals surface area contributed by atoms with Crippen molar-refractivity contribution in [1.82, 2.24) is 20.6 Å². The number of nitrogens with zero attached hydrogens (tertiary/aromatic N) is 1. The number of aromatic amines is 1. The zero-order valence-corrected chi connectivity index (χ0v) is 18.8. The van der Waals surface area contributed by atoms with E-state index >= 15 is 0 Å². The summed E-state index contributed by atoms with van der Waals surface area (Å²) in [6.07, 6.45) is 1.71. The number of aromatic nitrogens is 2. The molecule has 34 heavy (non-hydrogen) atoms. The Morgan fingerprint density at radius 3 is 2.26 bits per heavy atom. The van der Waals surface area contributed by atoms with Gasteiger partial charge in [-0.15, -0.1) is 0 Å². The molecule has 0 fully saturated rings. The molecule has 3 rings (SSSR count). The first kappa shape index (κ1) is 25.9. The van der Waals surface area contributed by atoms with E-state index in [0.29, 0.717) is 18.6 Å². The molecule has 10 heteroatoms. The van der Waals surface area contributed by atoms with Gasteiger partial charge in [0.2, 0.25) is 0 Å². The fraction of sp³-hybridized carbons (Fsp3) is 0.208. The summed E-state index contributed by atoms with van der Waals surface area (Å²) in [4.78, 5) is 51.1. The molecule has 0 aliphatic rings. The molecule has 1 atom stereocenters. The van der Waals surface area contributed by atoms with Crippen LogP contribution in [0.5, 0.6) is 5.75 Å². The molecule has 0 saturated carbocycles. The summed E-state index contributed by atoms with van der Waals surface area (Å²) in [5, 5.41) is 13.6. The number of carboxylic acids is 1. The lowest BCUT2D eigenvalue weighted by Crippen LogP contribution is -2.34. The molecular formula is C24H26N4O6. The summed E-state index contributed by atoms with van der Waals surface area (Å²) >= 11 is 0. The summed E-state index contributed by atoms with van der Waals surface area (Å²) in [6.45, 7) is 0.551. The maximum atomic E-state index is 12.7. The third-order valence-electron chi connectivity index (χ3n) is 4.62. The smallest absolute Gasteiger partial charge is 0.304 e. The zero-order valence-electron chi connectivity index (χ0n) is 18.8. The molecule has 1 amide bonds. The predicted octanol–water partition coefficient (Wildman–Crippen LogP) is 1.79. The van der Waals surface area contributed by atoms with Crippen LogP contribution in [0.25, 0.3) is 0 Å². The molecule has 1 heterocycles. The van der Waals surface area contributed by atoms with E-state index in [1.807, 2.05) is 42.5 Å². The Labute approximate surface area is 196 Å². The minimum absolute atomic E-state index is 0.133. The highest BCUT2D eigenvalue weighted by atomic mass is 16.5. The number of amides is 1. The number of carbonyl (C=O) groups excluding carboxylic acids is 2. The van der Waals surface area contributed by atoms with Gasteiger partial charge in [-0.1, -0.05) is 42.5 Å². The number of hydrogen-bond acceptors (Lipinski definition) is 7. The number of ether oxygens (including phenoxy) is 1. The van der Waals surface area contributed by atoms with E-state index in [4.69, 9.17) is 9.84 Å². The molecule has 3 aromatic rings. The number of H-pyrrole nitrogens is 1. The van der Waals surface area contributed by atoms with E-state index in [-0.39, 0.29) is 17.8 Å². The highest BCUT2D eigenvalue weighted by molar-refractivity contribution is 5.94. The molecule has 0 bridgehead atoms. The van der Waals surface area contributed by atoms with Gasteiger partial charge in [0, 0.05) is 12.7 Å². The van der Waals surface area contributed by atoms with Gasteiger partial charge in [0.25, 0.3) is 11.5 Å². The molecule has 1 aromatic heterocycles. The zero-order chi connectivity index (χ0) is 24.9.